The van der Waals surface area contributed by atoms with Gasteiger partial charge in [0, 0.05) is 38.9 Å². The lowest BCUT2D eigenvalue weighted by atomic mass is 9.85. The molecule has 1 saturated heterocycles. The van der Waals surface area contributed by atoms with E-state index in [1.54, 1.807) is 7.05 Å². The third kappa shape index (κ3) is 4.63. The zero-order chi connectivity index (χ0) is 20.2. The van der Waals surface area contributed by atoms with Crippen molar-refractivity contribution in [2.75, 3.05) is 38.5 Å². The number of fused-ring (bicyclic) bond motifs is 5. The second-order valence-electron chi connectivity index (χ2n) is 7.90. The van der Waals surface area contributed by atoms with Gasteiger partial charge in [0.05, 0.1) is 11.8 Å². The number of hydrogen-bond donors (Lipinski definition) is 3. The highest BCUT2D eigenvalue weighted by atomic mass is 127. The molecule has 1 heterocycles. The fourth-order valence-electron chi connectivity index (χ4n) is 4.78. The third-order valence-corrected chi connectivity index (χ3v) is 6.16. The number of guanidine groups is 1. The first-order valence-electron chi connectivity index (χ1n) is 10.5. The predicted molar refractivity (Wildman–Crippen MR) is 129 cm³/mol. The minimum atomic E-state index is -0.118. The fraction of sp³-hybridized carbons (Fsp3) is 0.500. The Hall–Kier alpha value is -2.10. The monoisotopic (exact) mass is 523 g/mol. The Bertz CT molecular complexity index is 783. The summed E-state index contributed by atoms with van der Waals surface area (Å²) in [4.78, 5) is 31.0. The normalized spacial score (nSPS) is 26.6. The van der Waals surface area contributed by atoms with Crippen molar-refractivity contribution in [3.63, 3.8) is 0 Å². The molecule has 1 aromatic rings. The summed E-state index contributed by atoms with van der Waals surface area (Å²) < 4.78 is 0. The van der Waals surface area contributed by atoms with E-state index in [0.29, 0.717) is 19.0 Å². The van der Waals surface area contributed by atoms with Crippen molar-refractivity contribution >= 4 is 47.4 Å². The van der Waals surface area contributed by atoms with Crippen LogP contribution >= 0.6 is 24.0 Å². The van der Waals surface area contributed by atoms with E-state index in [0.717, 1.165) is 31.6 Å². The lowest BCUT2D eigenvalue weighted by molar-refractivity contribution is -0.140. The number of para-hydroxylation sites is 1. The standard InChI is InChI=1S/C22H29N5O2.HI/c1-23-22(25-11-5-10-24-17-6-3-2-4-7-17)26-12-13-27-20(28)18-15-8-9-16(14-15)19(18)21(27)29;/h2-4,6-9,15-16,18-19,24H,5,10-14H2,1H3,(H2,23,25,26);1H. The van der Waals surface area contributed by atoms with Gasteiger partial charge >= 0.3 is 0 Å². The maximum Gasteiger partial charge on any atom is 0.233 e. The van der Waals surface area contributed by atoms with Crippen LogP contribution in [0.1, 0.15) is 12.8 Å². The van der Waals surface area contributed by atoms with Gasteiger partial charge in [-0.3, -0.25) is 19.5 Å². The Morgan fingerprint density at radius 1 is 1.00 bits per heavy atom. The molecule has 3 N–H and O–H groups in total. The number of carbonyl (C=O) groups excluding carboxylic acids is 2. The number of allylic oxidation sites excluding steroid dienone is 2. The maximum atomic E-state index is 12.7. The molecule has 2 bridgehead atoms. The number of imide groups is 1. The molecule has 4 rings (SSSR count). The van der Waals surface area contributed by atoms with Crippen molar-refractivity contribution in [3.05, 3.63) is 42.5 Å². The molecular weight excluding hydrogens is 493 g/mol. The summed E-state index contributed by atoms with van der Waals surface area (Å²) in [5.41, 5.74) is 1.11. The maximum absolute atomic E-state index is 12.7. The highest BCUT2D eigenvalue weighted by Crippen LogP contribution is 2.52. The molecule has 7 nitrogen and oxygen atoms in total. The zero-order valence-corrected chi connectivity index (χ0v) is 19.5. The van der Waals surface area contributed by atoms with Crippen LogP contribution in [-0.2, 0) is 9.59 Å². The number of nitrogens with one attached hydrogen (secondary N) is 3. The molecule has 0 aromatic heterocycles. The average Bonchev–Trinajstić information content (AvgIpc) is 3.42. The van der Waals surface area contributed by atoms with Gasteiger partial charge in [-0.15, -0.1) is 24.0 Å². The second kappa shape index (κ2) is 10.3. The molecule has 4 unspecified atom stereocenters. The van der Waals surface area contributed by atoms with Gasteiger partial charge in [0.15, 0.2) is 5.96 Å². The number of aliphatic imine (C=N–C) groups is 1. The van der Waals surface area contributed by atoms with Gasteiger partial charge in [0.1, 0.15) is 0 Å². The van der Waals surface area contributed by atoms with Crippen LogP contribution in [0.2, 0.25) is 0 Å². The lowest BCUT2D eigenvalue weighted by Crippen LogP contribution is -2.44. The second-order valence-corrected chi connectivity index (χ2v) is 7.90. The van der Waals surface area contributed by atoms with Gasteiger partial charge in [-0.2, -0.15) is 0 Å². The van der Waals surface area contributed by atoms with Crippen LogP contribution in [0.4, 0.5) is 5.69 Å². The molecule has 1 aliphatic heterocycles. The Labute approximate surface area is 194 Å². The number of carbonyl (C=O) groups is 2. The molecule has 1 saturated carbocycles. The van der Waals surface area contributed by atoms with E-state index in [4.69, 9.17) is 0 Å². The topological polar surface area (TPSA) is 85.8 Å². The largest absolute Gasteiger partial charge is 0.385 e. The number of rotatable bonds is 8. The Morgan fingerprint density at radius 3 is 2.27 bits per heavy atom. The minimum absolute atomic E-state index is 0. The molecule has 1 aromatic carbocycles. The van der Waals surface area contributed by atoms with Gasteiger partial charge in [-0.05, 0) is 36.8 Å². The minimum Gasteiger partial charge on any atom is -0.385 e. The molecule has 2 fully saturated rings. The smallest absolute Gasteiger partial charge is 0.233 e. The highest BCUT2D eigenvalue weighted by Gasteiger charge is 2.58. The number of nitrogens with zero attached hydrogens (tertiary/aromatic N) is 2. The van der Waals surface area contributed by atoms with E-state index in [9.17, 15) is 9.59 Å². The van der Waals surface area contributed by atoms with E-state index < -0.39 is 0 Å². The van der Waals surface area contributed by atoms with Crippen LogP contribution in [-0.4, -0.2) is 55.9 Å². The Balaban J connectivity index is 0.00000256. The number of likely N-dealkylation sites (tertiary alicyclic amines) is 1. The summed E-state index contributed by atoms with van der Waals surface area (Å²) >= 11 is 0. The summed E-state index contributed by atoms with van der Waals surface area (Å²) in [5, 5.41) is 9.85. The predicted octanol–water partition coefficient (Wildman–Crippen LogP) is 2.08. The van der Waals surface area contributed by atoms with E-state index in [-0.39, 0.29) is 59.5 Å². The van der Waals surface area contributed by atoms with Crippen LogP contribution in [0.3, 0.4) is 0 Å². The third-order valence-electron chi connectivity index (χ3n) is 6.16. The Kier molecular flexibility index (Phi) is 7.74. The molecule has 8 heteroatoms. The van der Waals surface area contributed by atoms with Crippen molar-refractivity contribution in [2.45, 2.75) is 12.8 Å². The van der Waals surface area contributed by atoms with E-state index in [2.05, 4.69) is 33.1 Å². The van der Waals surface area contributed by atoms with Gasteiger partial charge in [0.2, 0.25) is 11.8 Å². The van der Waals surface area contributed by atoms with Crippen molar-refractivity contribution in [2.24, 2.45) is 28.7 Å². The first-order chi connectivity index (χ1) is 14.2. The SMILES string of the molecule is CN=C(NCCCNc1ccccc1)NCCN1C(=O)C2C3C=CC(C3)C2C1=O.I. The molecule has 2 aliphatic carbocycles. The highest BCUT2D eigenvalue weighted by molar-refractivity contribution is 14.0. The first-order valence-corrected chi connectivity index (χ1v) is 10.5. The van der Waals surface area contributed by atoms with Gasteiger partial charge in [-0.1, -0.05) is 30.4 Å². The van der Waals surface area contributed by atoms with Crippen LogP contribution in [0, 0.1) is 23.7 Å². The van der Waals surface area contributed by atoms with Crippen molar-refractivity contribution in [1.29, 1.82) is 0 Å². The zero-order valence-electron chi connectivity index (χ0n) is 17.2. The van der Waals surface area contributed by atoms with Crippen molar-refractivity contribution in [1.82, 2.24) is 15.5 Å². The lowest BCUT2D eigenvalue weighted by Gasteiger charge is -2.18. The van der Waals surface area contributed by atoms with E-state index >= 15 is 0 Å². The van der Waals surface area contributed by atoms with Crippen molar-refractivity contribution < 1.29 is 9.59 Å². The number of halogens is 1. The number of hydrogen-bond acceptors (Lipinski definition) is 4. The number of amides is 2. The Morgan fingerprint density at radius 2 is 1.63 bits per heavy atom. The van der Waals surface area contributed by atoms with E-state index in [1.807, 2.05) is 30.3 Å². The molecule has 0 radical (unpaired) electrons. The molecule has 3 aliphatic rings. The summed E-state index contributed by atoms with van der Waals surface area (Å²) in [7, 11) is 1.72. The van der Waals surface area contributed by atoms with Gasteiger partial charge in [-0.25, -0.2) is 0 Å². The van der Waals surface area contributed by atoms with Crippen LogP contribution in [0.25, 0.3) is 0 Å². The van der Waals surface area contributed by atoms with Crippen molar-refractivity contribution in [3.8, 4) is 0 Å². The summed E-state index contributed by atoms with van der Waals surface area (Å²) in [6.07, 6.45) is 6.15. The average molecular weight is 523 g/mol. The van der Waals surface area contributed by atoms with Crippen LogP contribution in [0.5, 0.6) is 0 Å². The summed E-state index contributed by atoms with van der Waals surface area (Å²) in [6.45, 7) is 2.53. The molecule has 2 amide bonds. The van der Waals surface area contributed by atoms with E-state index in [1.165, 1.54) is 4.90 Å². The van der Waals surface area contributed by atoms with Gasteiger partial charge in [0.25, 0.3) is 0 Å². The molecular formula is C22H30IN5O2. The quantitative estimate of drug-likeness (QED) is 0.121. The fourth-order valence-corrected chi connectivity index (χ4v) is 4.78. The molecule has 30 heavy (non-hydrogen) atoms. The molecule has 4 atom stereocenters. The first kappa shape index (κ1) is 22.6. The van der Waals surface area contributed by atoms with Crippen LogP contribution in [0.15, 0.2) is 47.5 Å². The summed E-state index contributed by atoms with van der Waals surface area (Å²) in [6, 6.07) is 10.1. The summed E-state index contributed by atoms with van der Waals surface area (Å²) in [5.74, 6) is 0.990. The molecule has 162 valence electrons. The molecule has 0 spiro atoms. The van der Waals surface area contributed by atoms with Crippen LogP contribution < -0.4 is 16.0 Å². The van der Waals surface area contributed by atoms with Gasteiger partial charge < -0.3 is 16.0 Å². The number of benzene rings is 1. The number of anilines is 1.